The molecule has 0 saturated carbocycles. The van der Waals surface area contributed by atoms with Gasteiger partial charge in [-0.3, -0.25) is 13.9 Å². The maximum atomic E-state index is 14.4. The molecular weight excluding hydrogens is 641 g/mol. The molecule has 11 heteroatoms. The smallest absolute Gasteiger partial charge is 0.264 e. The average molecular weight is 673 g/mol. The van der Waals surface area contributed by atoms with Crippen LogP contribution in [0.5, 0.6) is 0 Å². The van der Waals surface area contributed by atoms with Gasteiger partial charge in [-0.25, -0.2) is 8.42 Å². The van der Waals surface area contributed by atoms with Gasteiger partial charge in [0.15, 0.2) is 0 Å². The van der Waals surface area contributed by atoms with E-state index >= 15 is 0 Å². The van der Waals surface area contributed by atoms with E-state index in [2.05, 4.69) is 5.32 Å². The Hall–Kier alpha value is -3.56. The van der Waals surface area contributed by atoms with E-state index in [1.54, 1.807) is 42.5 Å². The summed E-state index contributed by atoms with van der Waals surface area (Å²) in [6.07, 6.45) is 0.190. The van der Waals surface area contributed by atoms with E-state index in [-0.39, 0.29) is 45.5 Å². The van der Waals surface area contributed by atoms with E-state index in [9.17, 15) is 18.0 Å². The molecule has 0 saturated heterocycles. The van der Waals surface area contributed by atoms with Crippen LogP contribution in [0.25, 0.3) is 0 Å². The second kappa shape index (κ2) is 14.9. The van der Waals surface area contributed by atoms with Crippen LogP contribution in [0.15, 0.2) is 108 Å². The third-order valence-electron chi connectivity index (χ3n) is 6.73. The number of nitrogens with zero attached hydrogens (tertiary/aromatic N) is 2. The first-order chi connectivity index (χ1) is 21.0. The fraction of sp³-hybridized carbons (Fsp3) is 0.212. The predicted octanol–water partition coefficient (Wildman–Crippen LogP) is 7.01. The third kappa shape index (κ3) is 8.54. The molecule has 1 atom stereocenters. The lowest BCUT2D eigenvalue weighted by molar-refractivity contribution is -0.140. The fourth-order valence-electron chi connectivity index (χ4n) is 4.68. The highest BCUT2D eigenvalue weighted by Crippen LogP contribution is 2.33. The van der Waals surface area contributed by atoms with Crippen molar-refractivity contribution in [2.75, 3.05) is 10.8 Å². The first kappa shape index (κ1) is 33.3. The van der Waals surface area contributed by atoms with Gasteiger partial charge in [-0.1, -0.05) is 95.5 Å². The van der Waals surface area contributed by atoms with Crippen molar-refractivity contribution in [2.24, 2.45) is 0 Å². The van der Waals surface area contributed by atoms with E-state index < -0.39 is 28.5 Å². The Bertz CT molecular complexity index is 1700. The monoisotopic (exact) mass is 671 g/mol. The molecule has 0 unspecified atom stereocenters. The summed E-state index contributed by atoms with van der Waals surface area (Å²) in [5, 5.41) is 3.70. The van der Waals surface area contributed by atoms with Crippen LogP contribution in [0.2, 0.25) is 15.1 Å². The van der Waals surface area contributed by atoms with Crippen LogP contribution in [0.1, 0.15) is 25.0 Å². The molecule has 230 valence electrons. The fourth-order valence-corrected chi connectivity index (χ4v) is 6.77. The quantitative estimate of drug-likeness (QED) is 0.176. The molecule has 7 nitrogen and oxygen atoms in total. The van der Waals surface area contributed by atoms with Crippen molar-refractivity contribution in [3.63, 3.8) is 0 Å². The summed E-state index contributed by atoms with van der Waals surface area (Å²) in [7, 11) is -4.30. The molecule has 4 rings (SSSR count). The van der Waals surface area contributed by atoms with Crippen molar-refractivity contribution in [1.82, 2.24) is 10.2 Å². The topological polar surface area (TPSA) is 86.8 Å². The molecule has 0 aliphatic heterocycles. The molecular formula is C33H32Cl3N3O4S. The van der Waals surface area contributed by atoms with Crippen molar-refractivity contribution >= 4 is 62.3 Å². The van der Waals surface area contributed by atoms with Crippen LogP contribution in [-0.4, -0.2) is 43.8 Å². The number of anilines is 1. The number of benzene rings is 4. The molecule has 0 fully saturated rings. The summed E-state index contributed by atoms with van der Waals surface area (Å²) >= 11 is 19.0. The molecule has 0 aliphatic carbocycles. The number of carbonyl (C=O) groups excluding carboxylic acids is 2. The number of rotatable bonds is 12. The molecule has 0 spiro atoms. The molecule has 0 heterocycles. The van der Waals surface area contributed by atoms with Crippen LogP contribution in [0, 0.1) is 0 Å². The number of hydrogen-bond donors (Lipinski definition) is 1. The molecule has 4 aromatic rings. The summed E-state index contributed by atoms with van der Waals surface area (Å²) in [6.45, 7) is 2.99. The highest BCUT2D eigenvalue weighted by Gasteiger charge is 2.35. The van der Waals surface area contributed by atoms with Crippen LogP contribution < -0.4 is 9.62 Å². The second-order valence-electron chi connectivity index (χ2n) is 10.4. The van der Waals surface area contributed by atoms with Crippen LogP contribution in [0.3, 0.4) is 0 Å². The summed E-state index contributed by atoms with van der Waals surface area (Å²) < 4.78 is 29.0. The molecule has 4 aromatic carbocycles. The number of hydrogen-bond acceptors (Lipinski definition) is 4. The standard InChI is InChI=1S/C33H32Cl3N3O4S/c1-23(2)37-33(41)31(19-24-10-5-3-6-11-24)38(21-25-12-9-13-26(34)18-25)32(40)22-39(30-20-27(35)16-17-29(30)36)44(42,43)28-14-7-4-8-15-28/h3-18,20,23,31H,19,21-22H2,1-2H3,(H,37,41)/t31-/m1/s1. The minimum atomic E-state index is -4.30. The molecule has 0 bridgehead atoms. The van der Waals surface area contributed by atoms with Crippen molar-refractivity contribution in [2.45, 2.75) is 43.8 Å². The Labute approximate surface area is 273 Å². The zero-order valence-corrected chi connectivity index (χ0v) is 27.2. The van der Waals surface area contributed by atoms with Crippen LogP contribution in [0.4, 0.5) is 5.69 Å². The van der Waals surface area contributed by atoms with Crippen molar-refractivity contribution < 1.29 is 18.0 Å². The highest BCUT2D eigenvalue weighted by atomic mass is 35.5. The Balaban J connectivity index is 1.83. The van der Waals surface area contributed by atoms with E-state index in [0.717, 1.165) is 9.87 Å². The van der Waals surface area contributed by atoms with Gasteiger partial charge < -0.3 is 10.2 Å². The molecule has 44 heavy (non-hydrogen) atoms. The largest absolute Gasteiger partial charge is 0.352 e. The van der Waals surface area contributed by atoms with E-state index in [0.29, 0.717) is 10.6 Å². The number of amides is 2. The Morgan fingerprint density at radius 3 is 2.02 bits per heavy atom. The summed E-state index contributed by atoms with van der Waals surface area (Å²) in [4.78, 5) is 29.5. The van der Waals surface area contributed by atoms with Crippen molar-refractivity contribution in [1.29, 1.82) is 0 Å². The van der Waals surface area contributed by atoms with Crippen LogP contribution >= 0.6 is 34.8 Å². The Morgan fingerprint density at radius 2 is 1.39 bits per heavy atom. The average Bonchev–Trinajstić information content (AvgIpc) is 2.99. The summed E-state index contributed by atoms with van der Waals surface area (Å²) in [5.74, 6) is -1.00. The number of nitrogens with one attached hydrogen (secondary N) is 1. The molecule has 1 N–H and O–H groups in total. The second-order valence-corrected chi connectivity index (χ2v) is 13.6. The Kier molecular flexibility index (Phi) is 11.3. The van der Waals surface area contributed by atoms with Gasteiger partial charge in [-0.05, 0) is 67.4 Å². The lowest BCUT2D eigenvalue weighted by Crippen LogP contribution is -2.54. The SMILES string of the molecule is CC(C)NC(=O)[C@@H](Cc1ccccc1)N(Cc1cccc(Cl)c1)C(=O)CN(c1cc(Cl)ccc1Cl)S(=O)(=O)c1ccccc1. The highest BCUT2D eigenvalue weighted by molar-refractivity contribution is 7.92. The molecule has 0 radical (unpaired) electrons. The zero-order valence-electron chi connectivity index (χ0n) is 24.2. The van der Waals surface area contributed by atoms with E-state index in [1.165, 1.54) is 35.2 Å². The van der Waals surface area contributed by atoms with Crippen molar-refractivity contribution in [3.8, 4) is 0 Å². The minimum absolute atomic E-state index is 0.00902. The molecule has 0 aliphatic rings. The summed E-state index contributed by atoms with van der Waals surface area (Å²) in [6, 6.07) is 27.2. The maximum absolute atomic E-state index is 14.4. The van der Waals surface area contributed by atoms with Gasteiger partial charge in [0.25, 0.3) is 10.0 Å². The van der Waals surface area contributed by atoms with Gasteiger partial charge in [0.1, 0.15) is 12.6 Å². The maximum Gasteiger partial charge on any atom is 0.264 e. The van der Waals surface area contributed by atoms with E-state index in [1.807, 2.05) is 44.2 Å². The van der Waals surface area contributed by atoms with Crippen molar-refractivity contribution in [3.05, 3.63) is 129 Å². The normalized spacial score (nSPS) is 12.0. The number of sulfonamides is 1. The third-order valence-corrected chi connectivity index (χ3v) is 9.29. The molecule has 0 aromatic heterocycles. The predicted molar refractivity (Wildman–Crippen MR) is 177 cm³/mol. The van der Waals surface area contributed by atoms with Crippen LogP contribution in [-0.2, 0) is 32.6 Å². The number of halogens is 3. The summed E-state index contributed by atoms with van der Waals surface area (Å²) in [5.41, 5.74) is 1.52. The minimum Gasteiger partial charge on any atom is -0.352 e. The Morgan fingerprint density at radius 1 is 0.773 bits per heavy atom. The lowest BCUT2D eigenvalue weighted by atomic mass is 10.0. The first-order valence-electron chi connectivity index (χ1n) is 13.9. The van der Waals surface area contributed by atoms with Gasteiger partial charge >= 0.3 is 0 Å². The van der Waals surface area contributed by atoms with E-state index in [4.69, 9.17) is 34.8 Å². The zero-order chi connectivity index (χ0) is 31.9. The van der Waals surface area contributed by atoms with Gasteiger partial charge in [0.05, 0.1) is 15.6 Å². The number of carbonyl (C=O) groups is 2. The first-order valence-corrected chi connectivity index (χ1v) is 16.4. The van der Waals surface area contributed by atoms with Gasteiger partial charge in [-0.15, -0.1) is 0 Å². The lowest BCUT2D eigenvalue weighted by Gasteiger charge is -2.34. The van der Waals surface area contributed by atoms with Gasteiger partial charge in [0.2, 0.25) is 11.8 Å². The molecule has 2 amide bonds. The van der Waals surface area contributed by atoms with Gasteiger partial charge in [-0.2, -0.15) is 0 Å². The van der Waals surface area contributed by atoms with Gasteiger partial charge in [0, 0.05) is 29.1 Å².